The second kappa shape index (κ2) is 9.39. The number of carbonyl (C=O) groups is 2. The molecule has 0 aliphatic rings. The van der Waals surface area contributed by atoms with Crippen LogP contribution in [0.1, 0.15) is 31.9 Å². The summed E-state index contributed by atoms with van der Waals surface area (Å²) in [4.78, 5) is 27.0. The average molecular weight is 373 g/mol. The fourth-order valence-electron chi connectivity index (χ4n) is 2.65. The highest BCUT2D eigenvalue weighted by molar-refractivity contribution is 6.30. The van der Waals surface area contributed by atoms with Crippen molar-refractivity contribution in [3.05, 3.63) is 70.7 Å². The van der Waals surface area contributed by atoms with Crippen molar-refractivity contribution in [3.63, 3.8) is 0 Å². The minimum atomic E-state index is -0.565. The van der Waals surface area contributed by atoms with E-state index in [1.165, 1.54) is 0 Å². The van der Waals surface area contributed by atoms with E-state index in [1.807, 2.05) is 56.3 Å². The minimum Gasteiger partial charge on any atom is -0.352 e. The molecule has 0 radical (unpaired) electrons. The van der Waals surface area contributed by atoms with Gasteiger partial charge in [-0.15, -0.1) is 0 Å². The number of nitrogens with zero attached hydrogens (tertiary/aromatic N) is 1. The van der Waals surface area contributed by atoms with Crippen LogP contribution >= 0.6 is 11.6 Å². The Labute approximate surface area is 160 Å². The highest BCUT2D eigenvalue weighted by Crippen LogP contribution is 2.15. The predicted octanol–water partition coefficient (Wildman–Crippen LogP) is 3.82. The Morgan fingerprint density at radius 2 is 1.58 bits per heavy atom. The first-order chi connectivity index (χ1) is 12.4. The third kappa shape index (κ3) is 5.88. The molecule has 0 saturated heterocycles. The van der Waals surface area contributed by atoms with E-state index >= 15 is 0 Å². The molecule has 0 spiro atoms. The second-order valence-corrected chi connectivity index (χ2v) is 7.09. The smallest absolute Gasteiger partial charge is 0.242 e. The number of halogens is 1. The van der Waals surface area contributed by atoms with Crippen LogP contribution in [-0.4, -0.2) is 28.8 Å². The molecule has 0 aliphatic carbocycles. The SMILES string of the molecule is CC(C)NC(=O)[C@H](C)N(Cc1ccc(Cl)cc1)C(=O)Cc1ccccc1. The molecule has 0 fully saturated rings. The molecule has 4 nitrogen and oxygen atoms in total. The molecule has 2 rings (SSSR count). The van der Waals surface area contributed by atoms with Crippen LogP contribution in [-0.2, 0) is 22.6 Å². The first kappa shape index (κ1) is 20.0. The van der Waals surface area contributed by atoms with E-state index in [2.05, 4.69) is 5.32 Å². The largest absolute Gasteiger partial charge is 0.352 e. The minimum absolute atomic E-state index is 0.0200. The van der Waals surface area contributed by atoms with Crippen LogP contribution in [0.15, 0.2) is 54.6 Å². The van der Waals surface area contributed by atoms with E-state index in [9.17, 15) is 9.59 Å². The summed E-state index contributed by atoms with van der Waals surface area (Å²) in [6.45, 7) is 5.92. The third-order valence-corrected chi connectivity index (χ3v) is 4.31. The van der Waals surface area contributed by atoms with Gasteiger partial charge in [0.25, 0.3) is 0 Å². The Hall–Kier alpha value is -2.33. The molecule has 1 atom stereocenters. The summed E-state index contributed by atoms with van der Waals surface area (Å²) in [7, 11) is 0. The number of rotatable bonds is 7. The van der Waals surface area contributed by atoms with Crippen LogP contribution in [0.25, 0.3) is 0 Å². The van der Waals surface area contributed by atoms with Crippen LogP contribution in [0.5, 0.6) is 0 Å². The lowest BCUT2D eigenvalue weighted by atomic mass is 10.1. The highest BCUT2D eigenvalue weighted by Gasteiger charge is 2.26. The first-order valence-electron chi connectivity index (χ1n) is 8.75. The van der Waals surface area contributed by atoms with Crippen molar-refractivity contribution < 1.29 is 9.59 Å². The lowest BCUT2D eigenvalue weighted by Crippen LogP contribution is -2.49. The third-order valence-electron chi connectivity index (χ3n) is 4.06. The van der Waals surface area contributed by atoms with E-state index in [1.54, 1.807) is 24.0 Å². The number of amides is 2. The van der Waals surface area contributed by atoms with Gasteiger partial charge in [-0.3, -0.25) is 9.59 Å². The number of hydrogen-bond donors (Lipinski definition) is 1. The van der Waals surface area contributed by atoms with Gasteiger partial charge in [0.15, 0.2) is 0 Å². The standard InChI is InChI=1S/C21H25ClN2O2/c1-15(2)23-21(26)16(3)24(14-18-9-11-19(22)12-10-18)20(25)13-17-7-5-4-6-8-17/h4-12,15-16H,13-14H2,1-3H3,(H,23,26)/t16-/m0/s1. The maximum Gasteiger partial charge on any atom is 0.242 e. The van der Waals surface area contributed by atoms with Crippen molar-refractivity contribution in [2.45, 2.75) is 45.8 Å². The summed E-state index contributed by atoms with van der Waals surface area (Å²) in [5.74, 6) is -0.243. The zero-order chi connectivity index (χ0) is 19.1. The van der Waals surface area contributed by atoms with Gasteiger partial charge in [0, 0.05) is 17.6 Å². The Morgan fingerprint density at radius 3 is 2.15 bits per heavy atom. The van der Waals surface area contributed by atoms with E-state index in [0.717, 1.165) is 11.1 Å². The molecule has 0 unspecified atom stereocenters. The molecule has 2 amide bonds. The maximum absolute atomic E-state index is 12.9. The Kier molecular flexibility index (Phi) is 7.22. The van der Waals surface area contributed by atoms with E-state index < -0.39 is 6.04 Å². The van der Waals surface area contributed by atoms with E-state index in [-0.39, 0.29) is 24.3 Å². The van der Waals surface area contributed by atoms with E-state index in [0.29, 0.717) is 11.6 Å². The van der Waals surface area contributed by atoms with Gasteiger partial charge in [0.1, 0.15) is 6.04 Å². The molecule has 2 aromatic carbocycles. The van der Waals surface area contributed by atoms with Gasteiger partial charge in [-0.1, -0.05) is 54.1 Å². The van der Waals surface area contributed by atoms with Gasteiger partial charge in [0.05, 0.1) is 6.42 Å². The Balaban J connectivity index is 2.20. The number of carbonyl (C=O) groups excluding carboxylic acids is 2. The molecule has 0 aromatic heterocycles. The van der Waals surface area contributed by atoms with Crippen molar-refractivity contribution in [2.75, 3.05) is 0 Å². The lowest BCUT2D eigenvalue weighted by Gasteiger charge is -2.29. The van der Waals surface area contributed by atoms with Crippen LogP contribution in [0.3, 0.4) is 0 Å². The molecule has 138 valence electrons. The van der Waals surface area contributed by atoms with Crippen LogP contribution < -0.4 is 5.32 Å². The van der Waals surface area contributed by atoms with Crippen molar-refractivity contribution in [1.82, 2.24) is 10.2 Å². The predicted molar refractivity (Wildman–Crippen MR) is 105 cm³/mol. The van der Waals surface area contributed by atoms with Crippen molar-refractivity contribution in [3.8, 4) is 0 Å². The fraction of sp³-hybridized carbons (Fsp3) is 0.333. The van der Waals surface area contributed by atoms with Crippen molar-refractivity contribution in [1.29, 1.82) is 0 Å². The topological polar surface area (TPSA) is 49.4 Å². The Morgan fingerprint density at radius 1 is 0.962 bits per heavy atom. The fourth-order valence-corrected chi connectivity index (χ4v) is 2.77. The summed E-state index contributed by atoms with van der Waals surface area (Å²) in [5, 5.41) is 3.52. The molecule has 0 bridgehead atoms. The zero-order valence-electron chi connectivity index (χ0n) is 15.4. The Bertz CT molecular complexity index is 729. The monoisotopic (exact) mass is 372 g/mol. The summed E-state index contributed by atoms with van der Waals surface area (Å²) < 4.78 is 0. The second-order valence-electron chi connectivity index (χ2n) is 6.65. The van der Waals surface area contributed by atoms with Gasteiger partial charge in [-0.25, -0.2) is 0 Å². The van der Waals surface area contributed by atoms with Crippen molar-refractivity contribution in [2.24, 2.45) is 0 Å². The summed E-state index contributed by atoms with van der Waals surface area (Å²) in [6, 6.07) is 16.3. The molecule has 5 heteroatoms. The van der Waals surface area contributed by atoms with Gasteiger partial charge >= 0.3 is 0 Å². The molecule has 2 aromatic rings. The molecule has 0 heterocycles. The number of hydrogen-bond acceptors (Lipinski definition) is 2. The van der Waals surface area contributed by atoms with Gasteiger partial charge in [-0.2, -0.15) is 0 Å². The van der Waals surface area contributed by atoms with Crippen LogP contribution in [0, 0.1) is 0 Å². The number of benzene rings is 2. The molecule has 1 N–H and O–H groups in total. The molecule has 0 aliphatic heterocycles. The van der Waals surface area contributed by atoms with Gasteiger partial charge < -0.3 is 10.2 Å². The zero-order valence-corrected chi connectivity index (χ0v) is 16.2. The average Bonchev–Trinajstić information content (AvgIpc) is 2.60. The quantitative estimate of drug-likeness (QED) is 0.803. The molecule has 0 saturated carbocycles. The first-order valence-corrected chi connectivity index (χ1v) is 9.13. The van der Waals surface area contributed by atoms with Crippen molar-refractivity contribution >= 4 is 23.4 Å². The summed E-state index contributed by atoms with van der Waals surface area (Å²) in [5.41, 5.74) is 1.86. The summed E-state index contributed by atoms with van der Waals surface area (Å²) in [6.07, 6.45) is 0.258. The number of nitrogens with one attached hydrogen (secondary N) is 1. The lowest BCUT2D eigenvalue weighted by molar-refractivity contribution is -0.140. The summed E-state index contributed by atoms with van der Waals surface area (Å²) >= 11 is 5.94. The molecular weight excluding hydrogens is 348 g/mol. The van der Waals surface area contributed by atoms with Crippen LogP contribution in [0.2, 0.25) is 5.02 Å². The maximum atomic E-state index is 12.9. The van der Waals surface area contributed by atoms with Gasteiger partial charge in [-0.05, 0) is 44.0 Å². The highest BCUT2D eigenvalue weighted by atomic mass is 35.5. The normalized spacial score (nSPS) is 11.9. The van der Waals surface area contributed by atoms with Crippen LogP contribution in [0.4, 0.5) is 0 Å². The van der Waals surface area contributed by atoms with E-state index in [4.69, 9.17) is 11.6 Å². The van der Waals surface area contributed by atoms with Gasteiger partial charge in [0.2, 0.25) is 11.8 Å². The molecular formula is C21H25ClN2O2. The molecule has 26 heavy (non-hydrogen) atoms.